The van der Waals surface area contributed by atoms with Crippen LogP contribution in [0, 0.1) is 13.8 Å². The number of benzene rings is 2. The van der Waals surface area contributed by atoms with Crippen LogP contribution in [0.1, 0.15) is 17.5 Å². The molecule has 0 atom stereocenters. The van der Waals surface area contributed by atoms with Gasteiger partial charge in [0.1, 0.15) is 0 Å². The molecule has 1 aromatic heterocycles. The second-order valence-corrected chi connectivity index (χ2v) is 10.5. The molecule has 2 heterocycles. The van der Waals surface area contributed by atoms with E-state index in [1.54, 1.807) is 11.3 Å². The van der Waals surface area contributed by atoms with E-state index in [1.807, 2.05) is 29.2 Å². The molecule has 5 nitrogen and oxygen atoms in total. The van der Waals surface area contributed by atoms with Crippen molar-refractivity contribution >= 4 is 56.0 Å². The molecule has 0 bridgehead atoms. The Balaban J connectivity index is 1.49. The lowest BCUT2D eigenvalue weighted by atomic mass is 10.1. The zero-order valence-corrected chi connectivity index (χ0v) is 20.9. The maximum absolute atomic E-state index is 13.3. The summed E-state index contributed by atoms with van der Waals surface area (Å²) in [7, 11) is 0. The van der Waals surface area contributed by atoms with E-state index >= 15 is 0 Å². The van der Waals surface area contributed by atoms with E-state index in [9.17, 15) is 4.79 Å². The van der Waals surface area contributed by atoms with E-state index in [0.717, 1.165) is 65.1 Å². The lowest BCUT2D eigenvalue weighted by molar-refractivity contribution is -0.116. The minimum atomic E-state index is 0.0837. The second-order valence-electron chi connectivity index (χ2n) is 8.02. The van der Waals surface area contributed by atoms with Gasteiger partial charge in [0.05, 0.1) is 29.2 Å². The zero-order chi connectivity index (χ0) is 22.5. The number of thioether (sulfide) groups is 1. The maximum atomic E-state index is 13.3. The van der Waals surface area contributed by atoms with Gasteiger partial charge in [-0.2, -0.15) is 0 Å². The molecule has 0 unspecified atom stereocenters. The van der Waals surface area contributed by atoms with E-state index < -0.39 is 0 Å². The third-order valence-electron chi connectivity index (χ3n) is 5.49. The third-order valence-corrected chi connectivity index (χ3v) is 7.76. The summed E-state index contributed by atoms with van der Waals surface area (Å²) in [5.41, 5.74) is 3.36. The van der Waals surface area contributed by atoms with Gasteiger partial charge in [0.15, 0.2) is 5.13 Å². The van der Waals surface area contributed by atoms with Crippen molar-refractivity contribution in [2.24, 2.45) is 0 Å². The topological polar surface area (TPSA) is 45.7 Å². The van der Waals surface area contributed by atoms with Crippen LogP contribution in [-0.2, 0) is 9.53 Å². The number of fused-ring (bicyclic) bond motifs is 1. The van der Waals surface area contributed by atoms with E-state index in [0.29, 0.717) is 17.3 Å². The SMILES string of the molecule is Cc1cc(C)c2nc(N(CCCN3CCOCC3)C(=O)CSc3ccc(Cl)cc3)sc2c1. The van der Waals surface area contributed by atoms with Gasteiger partial charge in [-0.1, -0.05) is 29.0 Å². The average Bonchev–Trinajstić information content (AvgIpc) is 3.21. The van der Waals surface area contributed by atoms with Gasteiger partial charge in [-0.25, -0.2) is 4.98 Å². The molecule has 0 N–H and O–H groups in total. The van der Waals surface area contributed by atoms with Crippen LogP contribution in [-0.4, -0.2) is 60.9 Å². The Bertz CT molecular complexity index is 1070. The number of carbonyl (C=O) groups excluding carboxylic acids is 1. The maximum Gasteiger partial charge on any atom is 0.239 e. The number of rotatable bonds is 8. The quantitative estimate of drug-likeness (QED) is 0.396. The zero-order valence-electron chi connectivity index (χ0n) is 18.5. The fourth-order valence-corrected chi connectivity index (χ4v) is 5.92. The van der Waals surface area contributed by atoms with Gasteiger partial charge >= 0.3 is 0 Å². The summed E-state index contributed by atoms with van der Waals surface area (Å²) >= 11 is 9.13. The monoisotopic (exact) mass is 489 g/mol. The van der Waals surface area contributed by atoms with Crippen molar-refractivity contribution < 1.29 is 9.53 Å². The molecule has 0 aliphatic carbocycles. The lowest BCUT2D eigenvalue weighted by Crippen LogP contribution is -2.39. The van der Waals surface area contributed by atoms with Crippen LogP contribution in [0.5, 0.6) is 0 Å². The molecule has 1 saturated heterocycles. The number of hydrogen-bond acceptors (Lipinski definition) is 6. The number of halogens is 1. The summed E-state index contributed by atoms with van der Waals surface area (Å²) in [6.45, 7) is 9.29. The Kier molecular flexibility index (Phi) is 8.07. The predicted octanol–water partition coefficient (Wildman–Crippen LogP) is 5.41. The molecule has 3 aromatic rings. The molecule has 170 valence electrons. The highest BCUT2D eigenvalue weighted by Gasteiger charge is 2.21. The third kappa shape index (κ3) is 6.02. The molecule has 1 fully saturated rings. The Morgan fingerprint density at radius 1 is 1.22 bits per heavy atom. The number of anilines is 1. The second kappa shape index (κ2) is 11.0. The van der Waals surface area contributed by atoms with Crippen LogP contribution in [0.3, 0.4) is 0 Å². The molecule has 0 spiro atoms. The van der Waals surface area contributed by atoms with Gasteiger partial charge < -0.3 is 4.74 Å². The van der Waals surface area contributed by atoms with E-state index in [1.165, 1.54) is 17.3 Å². The first-order valence-electron chi connectivity index (χ1n) is 10.9. The highest BCUT2D eigenvalue weighted by molar-refractivity contribution is 8.00. The number of aromatic nitrogens is 1. The van der Waals surface area contributed by atoms with E-state index in [4.69, 9.17) is 21.3 Å². The summed E-state index contributed by atoms with van der Waals surface area (Å²) in [5, 5.41) is 1.49. The fourth-order valence-electron chi connectivity index (χ4n) is 3.83. The minimum Gasteiger partial charge on any atom is -0.379 e. The van der Waals surface area contributed by atoms with Crippen molar-refractivity contribution in [2.45, 2.75) is 25.2 Å². The molecule has 4 rings (SSSR count). The highest BCUT2D eigenvalue weighted by Crippen LogP contribution is 2.32. The van der Waals surface area contributed by atoms with Gasteiger partial charge in [-0.3, -0.25) is 14.6 Å². The van der Waals surface area contributed by atoms with Crippen LogP contribution in [0.25, 0.3) is 10.2 Å². The molecular weight excluding hydrogens is 462 g/mol. The summed E-state index contributed by atoms with van der Waals surface area (Å²) in [5.74, 6) is 0.452. The van der Waals surface area contributed by atoms with Crippen molar-refractivity contribution in [3.63, 3.8) is 0 Å². The number of thiazole rings is 1. The molecule has 1 amide bonds. The smallest absolute Gasteiger partial charge is 0.239 e. The van der Waals surface area contributed by atoms with Gasteiger partial charge in [-0.05, 0) is 61.7 Å². The summed E-state index contributed by atoms with van der Waals surface area (Å²) < 4.78 is 6.58. The van der Waals surface area contributed by atoms with Crippen molar-refractivity contribution in [3.8, 4) is 0 Å². The van der Waals surface area contributed by atoms with Crippen molar-refractivity contribution in [1.29, 1.82) is 0 Å². The number of nitrogens with zero attached hydrogens (tertiary/aromatic N) is 3. The molecule has 8 heteroatoms. The fraction of sp³-hybridized carbons (Fsp3) is 0.417. The van der Waals surface area contributed by atoms with Crippen molar-refractivity contribution in [3.05, 3.63) is 52.5 Å². The van der Waals surface area contributed by atoms with Crippen LogP contribution < -0.4 is 4.90 Å². The minimum absolute atomic E-state index is 0.0837. The highest BCUT2D eigenvalue weighted by atomic mass is 35.5. The Hall–Kier alpha value is -1.64. The summed E-state index contributed by atoms with van der Waals surface area (Å²) in [6.07, 6.45) is 0.908. The number of amides is 1. The molecule has 32 heavy (non-hydrogen) atoms. The van der Waals surface area contributed by atoms with Crippen molar-refractivity contribution in [2.75, 3.05) is 50.0 Å². The first-order valence-corrected chi connectivity index (χ1v) is 13.0. The van der Waals surface area contributed by atoms with Gasteiger partial charge in [0.25, 0.3) is 0 Å². The number of morpholine rings is 1. The van der Waals surface area contributed by atoms with Crippen LogP contribution in [0.2, 0.25) is 5.02 Å². The number of aryl methyl sites for hydroxylation is 2. The van der Waals surface area contributed by atoms with Gasteiger partial charge in [-0.15, -0.1) is 11.8 Å². The lowest BCUT2D eigenvalue weighted by Gasteiger charge is -2.27. The van der Waals surface area contributed by atoms with Crippen LogP contribution in [0.15, 0.2) is 41.3 Å². The molecule has 1 aliphatic heterocycles. The standard InChI is InChI=1S/C24H28ClN3O2S2/c1-17-14-18(2)23-21(15-17)32-24(26-23)28(9-3-8-27-10-12-30-13-11-27)22(29)16-31-20-6-4-19(25)5-7-20/h4-7,14-15H,3,8-13,16H2,1-2H3. The molecule has 0 radical (unpaired) electrons. The van der Waals surface area contributed by atoms with Crippen LogP contribution in [0.4, 0.5) is 5.13 Å². The molecular formula is C24H28ClN3O2S2. The van der Waals surface area contributed by atoms with Gasteiger partial charge in [0.2, 0.25) is 5.91 Å². The molecule has 2 aromatic carbocycles. The number of hydrogen-bond donors (Lipinski definition) is 0. The Morgan fingerprint density at radius 2 is 1.97 bits per heavy atom. The normalized spacial score (nSPS) is 14.7. The van der Waals surface area contributed by atoms with Crippen LogP contribution >= 0.6 is 34.7 Å². The average molecular weight is 490 g/mol. The van der Waals surface area contributed by atoms with E-state index in [2.05, 4.69) is 30.9 Å². The summed E-state index contributed by atoms with van der Waals surface area (Å²) in [4.78, 5) is 23.5. The summed E-state index contributed by atoms with van der Waals surface area (Å²) in [6, 6.07) is 11.9. The number of ether oxygens (including phenoxy) is 1. The van der Waals surface area contributed by atoms with Crippen molar-refractivity contribution in [1.82, 2.24) is 9.88 Å². The first kappa shape index (κ1) is 23.5. The Morgan fingerprint density at radius 3 is 2.72 bits per heavy atom. The predicted molar refractivity (Wildman–Crippen MR) is 135 cm³/mol. The first-order chi connectivity index (χ1) is 15.5. The largest absolute Gasteiger partial charge is 0.379 e. The van der Waals surface area contributed by atoms with E-state index in [-0.39, 0.29) is 5.91 Å². The number of carbonyl (C=O) groups is 1. The Labute approximate surface area is 202 Å². The molecule has 0 saturated carbocycles. The molecule has 1 aliphatic rings. The van der Waals surface area contributed by atoms with Gasteiger partial charge in [0, 0.05) is 36.1 Å².